The number of hydrogen-bond donors (Lipinski definition) is 1. The molecule has 0 radical (unpaired) electrons. The molecule has 3 heteroatoms. The van der Waals surface area contributed by atoms with E-state index in [-0.39, 0.29) is 0 Å². The van der Waals surface area contributed by atoms with Gasteiger partial charge in [-0.05, 0) is 43.2 Å². The molecule has 102 valence electrons. The first kappa shape index (κ1) is 13.6. The van der Waals surface area contributed by atoms with Crippen molar-refractivity contribution >= 4 is 0 Å². The SMILES string of the molecule is CC(C)C1CCCCC1NCCc1cnn(C)c1. The zero-order valence-corrected chi connectivity index (χ0v) is 12.0. The molecule has 0 aliphatic heterocycles. The molecule has 1 N–H and O–H groups in total. The van der Waals surface area contributed by atoms with Crippen molar-refractivity contribution in [1.82, 2.24) is 15.1 Å². The summed E-state index contributed by atoms with van der Waals surface area (Å²) in [6.07, 6.45) is 10.8. The van der Waals surface area contributed by atoms with Crippen molar-refractivity contribution < 1.29 is 0 Å². The topological polar surface area (TPSA) is 29.9 Å². The van der Waals surface area contributed by atoms with Crippen LogP contribution >= 0.6 is 0 Å². The van der Waals surface area contributed by atoms with Gasteiger partial charge in [0.05, 0.1) is 6.20 Å². The third-order valence-corrected chi connectivity index (χ3v) is 4.25. The Hall–Kier alpha value is -0.830. The van der Waals surface area contributed by atoms with Crippen LogP contribution in [0.1, 0.15) is 45.1 Å². The fourth-order valence-electron chi connectivity index (χ4n) is 3.21. The molecule has 1 saturated carbocycles. The summed E-state index contributed by atoms with van der Waals surface area (Å²) in [5, 5.41) is 7.99. The second-order valence-corrected chi connectivity index (χ2v) is 6.03. The van der Waals surface area contributed by atoms with E-state index in [0.29, 0.717) is 0 Å². The van der Waals surface area contributed by atoms with Gasteiger partial charge < -0.3 is 5.32 Å². The molecule has 0 aromatic carbocycles. The molecule has 1 aromatic rings. The van der Waals surface area contributed by atoms with Crippen molar-refractivity contribution in [2.24, 2.45) is 18.9 Å². The second kappa shape index (κ2) is 6.37. The molecule has 1 aromatic heterocycles. The monoisotopic (exact) mass is 249 g/mol. The lowest BCUT2D eigenvalue weighted by Gasteiger charge is -2.35. The van der Waals surface area contributed by atoms with Gasteiger partial charge in [-0.3, -0.25) is 4.68 Å². The molecule has 0 spiro atoms. The summed E-state index contributed by atoms with van der Waals surface area (Å²) in [7, 11) is 1.98. The van der Waals surface area contributed by atoms with Gasteiger partial charge in [-0.2, -0.15) is 5.10 Å². The molecule has 2 atom stereocenters. The summed E-state index contributed by atoms with van der Waals surface area (Å²) in [5.74, 6) is 1.67. The van der Waals surface area contributed by atoms with Crippen LogP contribution in [0.25, 0.3) is 0 Å². The molecule has 0 amide bonds. The van der Waals surface area contributed by atoms with E-state index in [2.05, 4.69) is 30.5 Å². The van der Waals surface area contributed by atoms with E-state index in [9.17, 15) is 0 Å². The molecule has 2 rings (SSSR count). The lowest BCUT2D eigenvalue weighted by atomic mass is 9.78. The van der Waals surface area contributed by atoms with Crippen LogP contribution in [0.4, 0.5) is 0 Å². The van der Waals surface area contributed by atoms with Crippen molar-refractivity contribution in [1.29, 1.82) is 0 Å². The van der Waals surface area contributed by atoms with Crippen LogP contribution in [0, 0.1) is 11.8 Å². The van der Waals surface area contributed by atoms with E-state index in [4.69, 9.17) is 0 Å². The molecule has 2 unspecified atom stereocenters. The fraction of sp³-hybridized carbons (Fsp3) is 0.800. The largest absolute Gasteiger partial charge is 0.313 e. The summed E-state index contributed by atoms with van der Waals surface area (Å²) < 4.78 is 1.88. The van der Waals surface area contributed by atoms with Crippen LogP contribution in [0.3, 0.4) is 0 Å². The number of aryl methyl sites for hydroxylation is 1. The van der Waals surface area contributed by atoms with Gasteiger partial charge in [-0.25, -0.2) is 0 Å². The minimum absolute atomic E-state index is 0.732. The van der Waals surface area contributed by atoms with Crippen molar-refractivity contribution in [3.05, 3.63) is 18.0 Å². The third-order valence-electron chi connectivity index (χ3n) is 4.25. The Kier molecular flexibility index (Phi) is 4.81. The summed E-state index contributed by atoms with van der Waals surface area (Å²) in [5.41, 5.74) is 1.34. The maximum atomic E-state index is 4.21. The number of rotatable bonds is 5. The van der Waals surface area contributed by atoms with E-state index in [1.165, 1.54) is 31.2 Å². The summed E-state index contributed by atoms with van der Waals surface area (Å²) >= 11 is 0. The van der Waals surface area contributed by atoms with Gasteiger partial charge in [0.2, 0.25) is 0 Å². The first-order valence-electron chi connectivity index (χ1n) is 7.37. The Bertz CT molecular complexity index is 356. The number of aromatic nitrogens is 2. The highest BCUT2D eigenvalue weighted by Crippen LogP contribution is 2.30. The molecule has 1 aliphatic carbocycles. The van der Waals surface area contributed by atoms with Crippen LogP contribution in [0.5, 0.6) is 0 Å². The molecular weight excluding hydrogens is 222 g/mol. The summed E-state index contributed by atoms with van der Waals surface area (Å²) in [6, 6.07) is 0.732. The van der Waals surface area contributed by atoms with Gasteiger partial charge in [0, 0.05) is 19.3 Å². The lowest BCUT2D eigenvalue weighted by Crippen LogP contribution is -2.41. The second-order valence-electron chi connectivity index (χ2n) is 6.03. The average molecular weight is 249 g/mol. The van der Waals surface area contributed by atoms with Crippen LogP contribution in [0.15, 0.2) is 12.4 Å². The highest BCUT2D eigenvalue weighted by Gasteiger charge is 2.26. The zero-order valence-electron chi connectivity index (χ0n) is 12.0. The molecule has 1 fully saturated rings. The first-order chi connectivity index (χ1) is 8.66. The Balaban J connectivity index is 1.77. The average Bonchev–Trinajstić information content (AvgIpc) is 2.75. The van der Waals surface area contributed by atoms with Crippen LogP contribution in [0.2, 0.25) is 0 Å². The molecular formula is C15H27N3. The Labute approximate surface area is 111 Å². The van der Waals surface area contributed by atoms with Gasteiger partial charge in [-0.1, -0.05) is 26.7 Å². The number of nitrogens with zero attached hydrogens (tertiary/aromatic N) is 2. The molecule has 18 heavy (non-hydrogen) atoms. The van der Waals surface area contributed by atoms with Gasteiger partial charge in [0.1, 0.15) is 0 Å². The van der Waals surface area contributed by atoms with Crippen molar-refractivity contribution in [3.8, 4) is 0 Å². The Morgan fingerprint density at radius 2 is 2.17 bits per heavy atom. The van der Waals surface area contributed by atoms with E-state index in [1.807, 2.05) is 17.9 Å². The fourth-order valence-corrected chi connectivity index (χ4v) is 3.21. The van der Waals surface area contributed by atoms with Crippen LogP contribution in [-0.2, 0) is 13.5 Å². The van der Waals surface area contributed by atoms with E-state index in [1.54, 1.807) is 0 Å². The number of nitrogens with one attached hydrogen (secondary N) is 1. The van der Waals surface area contributed by atoms with Crippen molar-refractivity contribution in [3.63, 3.8) is 0 Å². The minimum Gasteiger partial charge on any atom is -0.313 e. The molecule has 3 nitrogen and oxygen atoms in total. The van der Waals surface area contributed by atoms with Crippen LogP contribution < -0.4 is 5.32 Å². The lowest BCUT2D eigenvalue weighted by molar-refractivity contribution is 0.207. The summed E-state index contributed by atoms with van der Waals surface area (Å²) in [4.78, 5) is 0. The zero-order chi connectivity index (χ0) is 13.0. The van der Waals surface area contributed by atoms with E-state index >= 15 is 0 Å². The quantitative estimate of drug-likeness (QED) is 0.869. The molecule has 1 aliphatic rings. The predicted molar refractivity (Wildman–Crippen MR) is 75.5 cm³/mol. The van der Waals surface area contributed by atoms with Gasteiger partial charge in [0.15, 0.2) is 0 Å². The van der Waals surface area contributed by atoms with Crippen molar-refractivity contribution in [2.45, 2.75) is 52.0 Å². The highest BCUT2D eigenvalue weighted by molar-refractivity contribution is 5.04. The summed E-state index contributed by atoms with van der Waals surface area (Å²) in [6.45, 7) is 5.82. The molecule has 1 heterocycles. The van der Waals surface area contributed by atoms with E-state index < -0.39 is 0 Å². The maximum absolute atomic E-state index is 4.21. The van der Waals surface area contributed by atoms with Crippen LogP contribution in [-0.4, -0.2) is 22.4 Å². The first-order valence-corrected chi connectivity index (χ1v) is 7.37. The molecule has 0 saturated heterocycles. The number of hydrogen-bond acceptors (Lipinski definition) is 2. The molecule has 0 bridgehead atoms. The van der Waals surface area contributed by atoms with Gasteiger partial charge >= 0.3 is 0 Å². The van der Waals surface area contributed by atoms with Crippen molar-refractivity contribution in [2.75, 3.05) is 6.54 Å². The van der Waals surface area contributed by atoms with E-state index in [0.717, 1.165) is 30.8 Å². The Morgan fingerprint density at radius 3 is 2.83 bits per heavy atom. The van der Waals surface area contributed by atoms with Gasteiger partial charge in [-0.15, -0.1) is 0 Å². The minimum atomic E-state index is 0.732. The normalized spacial score (nSPS) is 24.7. The smallest absolute Gasteiger partial charge is 0.0522 e. The Morgan fingerprint density at radius 1 is 1.39 bits per heavy atom. The third kappa shape index (κ3) is 3.58. The predicted octanol–water partition coefficient (Wildman–Crippen LogP) is 2.77. The standard InChI is InChI=1S/C15H27N3/c1-12(2)14-6-4-5-7-15(14)16-9-8-13-10-17-18(3)11-13/h10-12,14-16H,4-9H2,1-3H3. The van der Waals surface area contributed by atoms with Gasteiger partial charge in [0.25, 0.3) is 0 Å². The highest BCUT2D eigenvalue weighted by atomic mass is 15.2. The maximum Gasteiger partial charge on any atom is 0.0522 e.